The Morgan fingerprint density at radius 2 is 1.93 bits per heavy atom. The second-order valence-corrected chi connectivity index (χ2v) is 5.59. The zero-order chi connectivity index (χ0) is 11.8. The fourth-order valence-corrected chi connectivity index (χ4v) is 2.06. The van der Waals surface area contributed by atoms with Gasteiger partial charge in [-0.25, -0.2) is 0 Å². The fourth-order valence-electron chi connectivity index (χ4n) is 1.70. The summed E-state index contributed by atoms with van der Waals surface area (Å²) >= 11 is 3.38. The predicted octanol–water partition coefficient (Wildman–Crippen LogP) is 3.05. The Balaban J connectivity index is 3.24. The Morgan fingerprint density at radius 3 is 2.40 bits per heavy atom. The summed E-state index contributed by atoms with van der Waals surface area (Å²) in [5.74, 6) is 0.295. The number of nitrogens with two attached hydrogens (primary N) is 1. The fraction of sp³-hybridized carbons (Fsp3) is 0.500. The molecule has 0 atom stereocenters. The van der Waals surface area contributed by atoms with Gasteiger partial charge in [-0.3, -0.25) is 0 Å². The van der Waals surface area contributed by atoms with Crippen LogP contribution < -0.4 is 5.73 Å². The van der Waals surface area contributed by atoms with Crippen molar-refractivity contribution in [2.75, 3.05) is 0 Å². The summed E-state index contributed by atoms with van der Waals surface area (Å²) in [6.07, 6.45) is 0.809. The summed E-state index contributed by atoms with van der Waals surface area (Å²) in [4.78, 5) is 0. The number of benzene rings is 1. The van der Waals surface area contributed by atoms with Crippen molar-refractivity contribution in [2.45, 2.75) is 39.7 Å². The summed E-state index contributed by atoms with van der Waals surface area (Å²) in [5, 5.41) is 9.63. The molecule has 1 rings (SSSR count). The minimum absolute atomic E-state index is 0.230. The molecule has 0 radical (unpaired) electrons. The number of hydrogen-bond donors (Lipinski definition) is 2. The van der Waals surface area contributed by atoms with Crippen LogP contribution in [0.3, 0.4) is 0 Å². The molecule has 0 aliphatic rings. The Morgan fingerprint density at radius 1 is 1.40 bits per heavy atom. The van der Waals surface area contributed by atoms with Crippen LogP contribution in [-0.2, 0) is 6.42 Å². The van der Waals surface area contributed by atoms with E-state index in [9.17, 15) is 5.11 Å². The van der Waals surface area contributed by atoms with E-state index in [1.165, 1.54) is 5.56 Å². The van der Waals surface area contributed by atoms with Crippen molar-refractivity contribution in [2.24, 2.45) is 5.73 Å². The number of phenols is 1. The van der Waals surface area contributed by atoms with Gasteiger partial charge in [0.25, 0.3) is 0 Å². The van der Waals surface area contributed by atoms with E-state index < -0.39 is 0 Å². The van der Waals surface area contributed by atoms with E-state index in [0.717, 1.165) is 22.0 Å². The Kier molecular flexibility index (Phi) is 3.46. The second-order valence-electron chi connectivity index (χ2n) is 4.80. The largest absolute Gasteiger partial charge is 0.507 e. The van der Waals surface area contributed by atoms with E-state index in [2.05, 4.69) is 15.9 Å². The normalized spacial score (nSPS) is 11.9. The van der Waals surface area contributed by atoms with E-state index >= 15 is 0 Å². The van der Waals surface area contributed by atoms with Crippen molar-refractivity contribution < 1.29 is 5.11 Å². The highest BCUT2D eigenvalue weighted by molar-refractivity contribution is 9.10. The van der Waals surface area contributed by atoms with Crippen LogP contribution in [0.15, 0.2) is 10.5 Å². The highest BCUT2D eigenvalue weighted by Crippen LogP contribution is 2.33. The maximum absolute atomic E-state index is 9.63. The van der Waals surface area contributed by atoms with Gasteiger partial charge in [-0.15, -0.1) is 0 Å². The number of phenolic OH excluding ortho intramolecular Hbond substituents is 1. The molecule has 0 saturated carbocycles. The first kappa shape index (κ1) is 12.5. The number of aryl methyl sites for hydroxylation is 1. The van der Waals surface area contributed by atoms with Gasteiger partial charge in [-0.2, -0.15) is 0 Å². The van der Waals surface area contributed by atoms with E-state index in [1.807, 2.05) is 27.7 Å². The lowest BCUT2D eigenvalue weighted by Crippen LogP contribution is -2.35. The van der Waals surface area contributed by atoms with Crippen molar-refractivity contribution in [3.05, 3.63) is 27.2 Å². The molecule has 1 aromatic rings. The molecule has 0 aliphatic heterocycles. The van der Waals surface area contributed by atoms with E-state index in [-0.39, 0.29) is 5.54 Å². The molecule has 0 fully saturated rings. The molecule has 2 nitrogen and oxygen atoms in total. The summed E-state index contributed by atoms with van der Waals surface area (Å²) in [7, 11) is 0. The Bertz CT molecular complexity index is 380. The van der Waals surface area contributed by atoms with Crippen LogP contribution >= 0.6 is 15.9 Å². The third-order valence-corrected chi connectivity index (χ3v) is 3.47. The molecule has 0 saturated heterocycles. The first-order valence-corrected chi connectivity index (χ1v) is 5.78. The first-order valence-electron chi connectivity index (χ1n) is 4.99. The average Bonchev–Trinajstić information content (AvgIpc) is 2.07. The summed E-state index contributed by atoms with van der Waals surface area (Å²) in [6.45, 7) is 8.01. The molecule has 0 amide bonds. The molecule has 0 aliphatic carbocycles. The van der Waals surface area contributed by atoms with Crippen molar-refractivity contribution >= 4 is 15.9 Å². The smallest absolute Gasteiger partial charge is 0.130 e. The van der Waals surface area contributed by atoms with Gasteiger partial charge in [0.2, 0.25) is 0 Å². The zero-order valence-corrected chi connectivity index (χ0v) is 11.3. The topological polar surface area (TPSA) is 46.2 Å². The van der Waals surface area contributed by atoms with Crippen molar-refractivity contribution in [1.29, 1.82) is 0 Å². The Hall–Kier alpha value is -0.540. The van der Waals surface area contributed by atoms with Gasteiger partial charge < -0.3 is 10.8 Å². The monoisotopic (exact) mass is 271 g/mol. The van der Waals surface area contributed by atoms with Crippen LogP contribution in [0.5, 0.6) is 5.75 Å². The van der Waals surface area contributed by atoms with Crippen molar-refractivity contribution in [3.8, 4) is 5.75 Å². The number of halogens is 1. The van der Waals surface area contributed by atoms with E-state index in [0.29, 0.717) is 5.75 Å². The third kappa shape index (κ3) is 2.95. The number of rotatable bonds is 2. The average molecular weight is 272 g/mol. The lowest BCUT2D eigenvalue weighted by Gasteiger charge is -2.22. The number of hydrogen-bond acceptors (Lipinski definition) is 2. The van der Waals surface area contributed by atoms with Crippen LogP contribution in [0, 0.1) is 13.8 Å². The zero-order valence-electron chi connectivity index (χ0n) is 9.69. The van der Waals surface area contributed by atoms with Gasteiger partial charge in [-0.05, 0) is 72.8 Å². The standard InChI is InChI=1S/C12H18BrNO/c1-7-5-10(15)11(13)8(2)9(7)6-12(3,4)14/h5,15H,6,14H2,1-4H3. The number of aromatic hydroxyl groups is 1. The van der Waals surface area contributed by atoms with Crippen LogP contribution in [0.2, 0.25) is 0 Å². The van der Waals surface area contributed by atoms with Crippen molar-refractivity contribution in [1.82, 2.24) is 0 Å². The molecule has 0 bridgehead atoms. The van der Waals surface area contributed by atoms with Gasteiger partial charge in [0.1, 0.15) is 5.75 Å². The van der Waals surface area contributed by atoms with Crippen molar-refractivity contribution in [3.63, 3.8) is 0 Å². The highest BCUT2D eigenvalue weighted by atomic mass is 79.9. The molecule has 0 aromatic heterocycles. The van der Waals surface area contributed by atoms with E-state index in [4.69, 9.17) is 5.73 Å². The van der Waals surface area contributed by atoms with Crippen LogP contribution in [0.25, 0.3) is 0 Å². The minimum Gasteiger partial charge on any atom is -0.507 e. The molecule has 3 heteroatoms. The Labute approximate surface area is 99.6 Å². The molecule has 84 valence electrons. The molecule has 0 spiro atoms. The quantitative estimate of drug-likeness (QED) is 0.869. The molecular formula is C12H18BrNO. The predicted molar refractivity (Wildman–Crippen MR) is 67.3 cm³/mol. The maximum atomic E-state index is 9.63. The van der Waals surface area contributed by atoms with Crippen LogP contribution in [0.4, 0.5) is 0 Å². The minimum atomic E-state index is -0.230. The van der Waals surface area contributed by atoms with Gasteiger partial charge in [-0.1, -0.05) is 0 Å². The highest BCUT2D eigenvalue weighted by Gasteiger charge is 2.17. The lowest BCUT2D eigenvalue weighted by atomic mass is 9.90. The van der Waals surface area contributed by atoms with Gasteiger partial charge in [0.15, 0.2) is 0 Å². The molecule has 0 unspecified atom stereocenters. The van der Waals surface area contributed by atoms with Gasteiger partial charge in [0, 0.05) is 5.54 Å². The molecule has 0 heterocycles. The van der Waals surface area contributed by atoms with Gasteiger partial charge in [0.05, 0.1) is 4.47 Å². The van der Waals surface area contributed by atoms with Crippen LogP contribution in [0.1, 0.15) is 30.5 Å². The molecule has 3 N–H and O–H groups in total. The first-order chi connectivity index (χ1) is 6.72. The van der Waals surface area contributed by atoms with Crippen LogP contribution in [-0.4, -0.2) is 10.6 Å². The third-order valence-electron chi connectivity index (χ3n) is 2.47. The SMILES string of the molecule is Cc1cc(O)c(Br)c(C)c1CC(C)(C)N. The van der Waals surface area contributed by atoms with Gasteiger partial charge >= 0.3 is 0 Å². The summed E-state index contributed by atoms with van der Waals surface area (Å²) in [6, 6.07) is 1.78. The van der Waals surface area contributed by atoms with E-state index in [1.54, 1.807) is 6.07 Å². The maximum Gasteiger partial charge on any atom is 0.130 e. The summed E-state index contributed by atoms with van der Waals surface area (Å²) < 4.78 is 0.771. The molecular weight excluding hydrogens is 254 g/mol. The summed E-state index contributed by atoms with van der Waals surface area (Å²) in [5.41, 5.74) is 9.16. The molecule has 15 heavy (non-hydrogen) atoms. The molecule has 1 aromatic carbocycles. The second kappa shape index (κ2) is 4.14. The lowest BCUT2D eigenvalue weighted by molar-refractivity contribution is 0.468.